The van der Waals surface area contributed by atoms with Crippen LogP contribution in [-0.2, 0) is 10.2 Å². The minimum absolute atomic E-state index is 0.0249. The van der Waals surface area contributed by atoms with E-state index >= 15 is 0 Å². The maximum absolute atomic E-state index is 12.5. The van der Waals surface area contributed by atoms with E-state index in [1.54, 1.807) is 0 Å². The molecule has 4 nitrogen and oxygen atoms in total. The van der Waals surface area contributed by atoms with Crippen molar-refractivity contribution < 1.29 is 9.59 Å². The number of amides is 2. The number of hydrogen-bond donors (Lipinski definition) is 2. The lowest BCUT2D eigenvalue weighted by atomic mass is 9.86. The summed E-state index contributed by atoms with van der Waals surface area (Å²) in [4.78, 5) is 24.9. The van der Waals surface area contributed by atoms with Crippen LogP contribution in [0.15, 0.2) is 24.3 Å². The molecule has 25 heavy (non-hydrogen) atoms. The van der Waals surface area contributed by atoms with E-state index in [9.17, 15) is 9.59 Å². The van der Waals surface area contributed by atoms with Crippen LogP contribution in [0.1, 0.15) is 70.8 Å². The van der Waals surface area contributed by atoms with Crippen molar-refractivity contribution in [2.75, 3.05) is 6.54 Å². The van der Waals surface area contributed by atoms with E-state index in [0.717, 1.165) is 6.42 Å². The summed E-state index contributed by atoms with van der Waals surface area (Å²) in [5.74, 6) is 0.235. The van der Waals surface area contributed by atoms with E-state index in [0.29, 0.717) is 18.0 Å². The maximum Gasteiger partial charge on any atom is 0.251 e. The zero-order valence-corrected chi connectivity index (χ0v) is 16.8. The Balaban J connectivity index is 2.74. The van der Waals surface area contributed by atoms with E-state index in [-0.39, 0.29) is 23.1 Å². The second-order valence-corrected chi connectivity index (χ2v) is 8.50. The number of nitrogens with one attached hydrogen (secondary N) is 2. The quantitative estimate of drug-likeness (QED) is 0.786. The fraction of sp³-hybridized carbons (Fsp3) is 0.619. The van der Waals surface area contributed by atoms with Crippen LogP contribution in [0, 0.1) is 11.8 Å². The van der Waals surface area contributed by atoms with Crippen LogP contribution in [0.25, 0.3) is 0 Å². The number of hydrogen-bond acceptors (Lipinski definition) is 2. The SMILES string of the molecule is CC(C)CCNC(=O)[C@@H](NC(=O)c1ccc(C(C)(C)C)cc1)C(C)C. The van der Waals surface area contributed by atoms with Crippen molar-refractivity contribution in [3.05, 3.63) is 35.4 Å². The first-order valence-corrected chi connectivity index (χ1v) is 9.21. The lowest BCUT2D eigenvalue weighted by Crippen LogP contribution is -2.50. The van der Waals surface area contributed by atoms with Gasteiger partial charge in [0, 0.05) is 12.1 Å². The Kier molecular flexibility index (Phi) is 7.65. The van der Waals surface area contributed by atoms with Crippen molar-refractivity contribution in [3.63, 3.8) is 0 Å². The largest absolute Gasteiger partial charge is 0.354 e. The number of carbonyl (C=O) groups excluding carboxylic acids is 2. The molecule has 0 radical (unpaired) electrons. The third-order valence-corrected chi connectivity index (χ3v) is 4.27. The first-order chi connectivity index (χ1) is 11.5. The molecule has 2 N–H and O–H groups in total. The van der Waals surface area contributed by atoms with Crippen LogP contribution < -0.4 is 10.6 Å². The predicted octanol–water partition coefficient (Wildman–Crippen LogP) is 3.90. The van der Waals surface area contributed by atoms with Gasteiger partial charge in [0.25, 0.3) is 5.91 Å². The van der Waals surface area contributed by atoms with Gasteiger partial charge in [-0.15, -0.1) is 0 Å². The highest BCUT2D eigenvalue weighted by molar-refractivity contribution is 5.97. The highest BCUT2D eigenvalue weighted by Gasteiger charge is 2.24. The van der Waals surface area contributed by atoms with Gasteiger partial charge < -0.3 is 10.6 Å². The van der Waals surface area contributed by atoms with Gasteiger partial charge in [-0.2, -0.15) is 0 Å². The van der Waals surface area contributed by atoms with E-state index in [1.807, 2.05) is 38.1 Å². The molecule has 0 bridgehead atoms. The number of carbonyl (C=O) groups is 2. The summed E-state index contributed by atoms with van der Waals surface area (Å²) in [6.45, 7) is 15.2. The maximum atomic E-state index is 12.5. The van der Waals surface area contributed by atoms with Gasteiger partial charge >= 0.3 is 0 Å². The Hall–Kier alpha value is -1.84. The first-order valence-electron chi connectivity index (χ1n) is 9.21. The molecule has 1 atom stereocenters. The van der Waals surface area contributed by atoms with Crippen molar-refractivity contribution >= 4 is 11.8 Å². The first kappa shape index (κ1) is 21.2. The molecule has 0 aliphatic carbocycles. The second-order valence-electron chi connectivity index (χ2n) is 8.50. The third kappa shape index (κ3) is 6.89. The molecule has 1 aromatic carbocycles. The highest BCUT2D eigenvalue weighted by atomic mass is 16.2. The third-order valence-electron chi connectivity index (χ3n) is 4.27. The number of benzene rings is 1. The van der Waals surface area contributed by atoms with E-state index in [4.69, 9.17) is 0 Å². The van der Waals surface area contributed by atoms with Gasteiger partial charge in [-0.1, -0.05) is 60.6 Å². The van der Waals surface area contributed by atoms with Gasteiger partial charge in [0.05, 0.1) is 0 Å². The van der Waals surface area contributed by atoms with Crippen LogP contribution >= 0.6 is 0 Å². The van der Waals surface area contributed by atoms with Gasteiger partial charge in [0.15, 0.2) is 0 Å². The van der Waals surface area contributed by atoms with Crippen molar-refractivity contribution in [1.82, 2.24) is 10.6 Å². The van der Waals surface area contributed by atoms with Gasteiger partial charge in [0.1, 0.15) is 6.04 Å². The molecule has 140 valence electrons. The minimum Gasteiger partial charge on any atom is -0.354 e. The molecule has 0 saturated carbocycles. The van der Waals surface area contributed by atoms with Crippen LogP contribution in [0.3, 0.4) is 0 Å². The predicted molar refractivity (Wildman–Crippen MR) is 104 cm³/mol. The van der Waals surface area contributed by atoms with Crippen molar-refractivity contribution in [2.45, 2.75) is 66.3 Å². The zero-order valence-electron chi connectivity index (χ0n) is 16.8. The summed E-state index contributed by atoms with van der Waals surface area (Å²) in [5.41, 5.74) is 1.80. The summed E-state index contributed by atoms with van der Waals surface area (Å²) in [6, 6.07) is 7.07. The molecular formula is C21H34N2O2. The Morgan fingerprint density at radius 1 is 1.00 bits per heavy atom. The Labute approximate surface area is 152 Å². The molecule has 0 aromatic heterocycles. The molecule has 0 aliphatic heterocycles. The summed E-state index contributed by atoms with van der Waals surface area (Å²) < 4.78 is 0. The molecule has 1 rings (SSSR count). The molecule has 0 heterocycles. The second kappa shape index (κ2) is 9.02. The van der Waals surface area contributed by atoms with E-state index in [2.05, 4.69) is 45.3 Å². The van der Waals surface area contributed by atoms with Gasteiger partial charge in [-0.25, -0.2) is 0 Å². The monoisotopic (exact) mass is 346 g/mol. The Bertz CT molecular complexity index is 569. The smallest absolute Gasteiger partial charge is 0.251 e. The van der Waals surface area contributed by atoms with E-state index < -0.39 is 6.04 Å². The Morgan fingerprint density at radius 2 is 1.56 bits per heavy atom. The zero-order chi connectivity index (χ0) is 19.2. The molecule has 0 unspecified atom stereocenters. The molecule has 1 aromatic rings. The summed E-state index contributed by atoms with van der Waals surface area (Å²) in [7, 11) is 0. The van der Waals surface area contributed by atoms with Crippen LogP contribution in [0.4, 0.5) is 0 Å². The molecule has 4 heteroatoms. The minimum atomic E-state index is -0.526. The van der Waals surface area contributed by atoms with Crippen LogP contribution in [0.5, 0.6) is 0 Å². The van der Waals surface area contributed by atoms with Gasteiger partial charge in [0.2, 0.25) is 5.91 Å². The molecule has 0 fully saturated rings. The molecular weight excluding hydrogens is 312 g/mol. The molecule has 0 spiro atoms. The molecule has 2 amide bonds. The van der Waals surface area contributed by atoms with Crippen LogP contribution in [0.2, 0.25) is 0 Å². The van der Waals surface area contributed by atoms with Crippen LogP contribution in [-0.4, -0.2) is 24.4 Å². The molecule has 0 aliphatic rings. The van der Waals surface area contributed by atoms with E-state index in [1.165, 1.54) is 5.56 Å². The highest BCUT2D eigenvalue weighted by Crippen LogP contribution is 2.22. The fourth-order valence-electron chi connectivity index (χ4n) is 2.48. The van der Waals surface area contributed by atoms with Crippen molar-refractivity contribution in [3.8, 4) is 0 Å². The fourth-order valence-corrected chi connectivity index (χ4v) is 2.48. The Morgan fingerprint density at radius 3 is 2.00 bits per heavy atom. The molecule has 0 saturated heterocycles. The lowest BCUT2D eigenvalue weighted by molar-refractivity contribution is -0.123. The summed E-state index contributed by atoms with van der Waals surface area (Å²) >= 11 is 0. The van der Waals surface area contributed by atoms with Crippen molar-refractivity contribution in [1.29, 1.82) is 0 Å². The summed E-state index contributed by atoms with van der Waals surface area (Å²) in [5, 5.41) is 5.81. The number of rotatable bonds is 7. The van der Waals surface area contributed by atoms with Gasteiger partial charge in [-0.3, -0.25) is 9.59 Å². The lowest BCUT2D eigenvalue weighted by Gasteiger charge is -2.22. The average molecular weight is 347 g/mol. The van der Waals surface area contributed by atoms with Crippen molar-refractivity contribution in [2.24, 2.45) is 11.8 Å². The summed E-state index contributed by atoms with van der Waals surface area (Å²) in [6.07, 6.45) is 0.929. The topological polar surface area (TPSA) is 58.2 Å². The average Bonchev–Trinajstić information content (AvgIpc) is 2.50. The normalized spacial score (nSPS) is 13.0. The standard InChI is InChI=1S/C21H34N2O2/c1-14(2)12-13-22-20(25)18(15(3)4)23-19(24)16-8-10-17(11-9-16)21(5,6)7/h8-11,14-15,18H,12-13H2,1-7H3,(H,22,25)(H,23,24)/t18-/m0/s1. The van der Waals surface area contributed by atoms with Gasteiger partial charge in [-0.05, 0) is 41.4 Å².